The zero-order valence-electron chi connectivity index (χ0n) is 25.3. The first-order chi connectivity index (χ1) is 20.0. The van der Waals surface area contributed by atoms with Gasteiger partial charge in [0.1, 0.15) is 24.2 Å². The van der Waals surface area contributed by atoms with Crippen molar-refractivity contribution in [3.05, 3.63) is 16.7 Å². The van der Waals surface area contributed by atoms with Crippen LogP contribution in [0.2, 0.25) is 0 Å². The lowest BCUT2D eigenvalue weighted by Crippen LogP contribution is -2.51. The molecule has 2 saturated heterocycles. The maximum atomic E-state index is 13.3. The third-order valence-corrected chi connectivity index (χ3v) is 9.05. The first kappa shape index (κ1) is 32.6. The van der Waals surface area contributed by atoms with Crippen LogP contribution in [-0.4, -0.2) is 81.4 Å². The molecular formula is C27H38N6O9S. The van der Waals surface area contributed by atoms with Crippen LogP contribution in [0.4, 0.5) is 5.95 Å². The van der Waals surface area contributed by atoms with Gasteiger partial charge in [0.25, 0.3) is 5.56 Å². The number of hydrogen-bond acceptors (Lipinski definition) is 11. The maximum absolute atomic E-state index is 13.3. The summed E-state index contributed by atoms with van der Waals surface area (Å²) in [6.45, 7) is 11.5. The predicted molar refractivity (Wildman–Crippen MR) is 154 cm³/mol. The molecule has 0 radical (unpaired) electrons. The van der Waals surface area contributed by atoms with Gasteiger partial charge in [-0.25, -0.2) is 9.19 Å². The van der Waals surface area contributed by atoms with Crippen molar-refractivity contribution in [2.24, 2.45) is 5.92 Å². The standard InChI is InChI=1S/C27H38N6O9S/c1-14(2)23(37)30-25-29-22-21(24(38)31-25)28-13-32(22)19-10-16(42-20(36)9-8-15(3)34)17(41-19)12-40-43(39)33-26(4,5)11-18(35)27(33,6)7/h13-14,16-17,19H,8-12H2,1-7H3,(H2,29,30,31,37,38)/t16-,17+,19+,43?/m0/s1. The van der Waals surface area contributed by atoms with Crippen LogP contribution in [-0.2, 0) is 44.1 Å². The SMILES string of the molecule is CC(=O)CCC(=O)O[C@H]1C[C@H](n2cnc3c(=O)[nH]c(NC(=O)C(C)C)nc32)O[C@@H]1COS(=O)N1C(C)(C)CC(=O)C1(C)C. The highest BCUT2D eigenvalue weighted by molar-refractivity contribution is 7.77. The van der Waals surface area contributed by atoms with Gasteiger partial charge in [0.05, 0.1) is 24.9 Å². The monoisotopic (exact) mass is 622 g/mol. The van der Waals surface area contributed by atoms with Crippen molar-refractivity contribution < 1.29 is 37.0 Å². The third kappa shape index (κ3) is 6.92. The molecule has 43 heavy (non-hydrogen) atoms. The quantitative estimate of drug-likeness (QED) is 0.347. The highest BCUT2D eigenvalue weighted by Gasteiger charge is 2.54. The Morgan fingerprint density at radius 2 is 1.91 bits per heavy atom. The van der Waals surface area contributed by atoms with E-state index in [2.05, 4.69) is 20.3 Å². The Hall–Kier alpha value is -3.34. The van der Waals surface area contributed by atoms with Gasteiger partial charge in [-0.05, 0) is 34.6 Å². The Kier molecular flexibility index (Phi) is 9.35. The molecule has 2 fully saturated rings. The second-order valence-electron chi connectivity index (χ2n) is 12.2. The van der Waals surface area contributed by atoms with E-state index in [9.17, 15) is 28.2 Å². The Balaban J connectivity index is 1.58. The molecule has 4 heterocycles. The van der Waals surface area contributed by atoms with E-state index in [-0.39, 0.29) is 72.8 Å². The molecule has 2 N–H and O–H groups in total. The Morgan fingerprint density at radius 3 is 2.51 bits per heavy atom. The fourth-order valence-corrected chi connectivity index (χ4v) is 6.52. The molecule has 236 valence electrons. The van der Waals surface area contributed by atoms with Crippen LogP contribution >= 0.6 is 0 Å². The van der Waals surface area contributed by atoms with E-state index >= 15 is 0 Å². The summed E-state index contributed by atoms with van der Waals surface area (Å²) < 4.78 is 33.9. The van der Waals surface area contributed by atoms with Gasteiger partial charge in [-0.15, -0.1) is 0 Å². The maximum Gasteiger partial charge on any atom is 0.306 e. The summed E-state index contributed by atoms with van der Waals surface area (Å²) in [5.41, 5.74) is -2.19. The first-order valence-electron chi connectivity index (χ1n) is 14.0. The highest BCUT2D eigenvalue weighted by Crippen LogP contribution is 2.40. The second kappa shape index (κ2) is 12.3. The Labute approximate surface area is 250 Å². The minimum Gasteiger partial charge on any atom is -0.459 e. The van der Waals surface area contributed by atoms with Gasteiger partial charge in [-0.3, -0.25) is 38.2 Å². The number of ketones is 2. The minimum atomic E-state index is -2.04. The number of amides is 1. The first-order valence-corrected chi connectivity index (χ1v) is 15.1. The summed E-state index contributed by atoms with van der Waals surface area (Å²) in [6, 6.07) is 0. The number of Topliss-reactive ketones (excluding diaryl/α,β-unsaturated/α-hetero) is 2. The number of fused-ring (bicyclic) bond motifs is 1. The zero-order chi connectivity index (χ0) is 31.9. The van der Waals surface area contributed by atoms with E-state index < -0.39 is 52.3 Å². The van der Waals surface area contributed by atoms with E-state index in [0.717, 1.165) is 0 Å². The van der Waals surface area contributed by atoms with Gasteiger partial charge in [0, 0.05) is 30.7 Å². The summed E-state index contributed by atoms with van der Waals surface area (Å²) in [5, 5.41) is 2.56. The number of ether oxygens (including phenoxy) is 2. The zero-order valence-corrected chi connectivity index (χ0v) is 26.1. The number of esters is 1. The number of anilines is 1. The second-order valence-corrected chi connectivity index (χ2v) is 13.3. The number of aromatic amines is 1. The molecule has 2 aromatic rings. The Bertz CT molecular complexity index is 1510. The summed E-state index contributed by atoms with van der Waals surface area (Å²) in [6.07, 6.45) is -1.08. The fraction of sp³-hybridized carbons (Fsp3) is 0.667. The average Bonchev–Trinajstić information content (AvgIpc) is 3.53. The summed E-state index contributed by atoms with van der Waals surface area (Å²) in [5.74, 6) is -1.62. The number of H-pyrrole nitrogens is 1. The molecule has 2 aromatic heterocycles. The molecule has 2 aliphatic heterocycles. The molecule has 2 aliphatic rings. The number of nitrogens with zero attached hydrogens (tertiary/aromatic N) is 4. The molecule has 4 rings (SSSR count). The lowest BCUT2D eigenvalue weighted by Gasteiger charge is -2.36. The van der Waals surface area contributed by atoms with Crippen molar-refractivity contribution in [2.75, 3.05) is 11.9 Å². The van der Waals surface area contributed by atoms with Crippen LogP contribution < -0.4 is 10.9 Å². The molecule has 0 bridgehead atoms. The number of imidazole rings is 1. The Morgan fingerprint density at radius 1 is 1.21 bits per heavy atom. The summed E-state index contributed by atoms with van der Waals surface area (Å²) in [4.78, 5) is 72.4. The van der Waals surface area contributed by atoms with E-state index in [4.69, 9.17) is 13.7 Å². The van der Waals surface area contributed by atoms with Gasteiger partial charge in [0.2, 0.25) is 23.1 Å². The summed E-state index contributed by atoms with van der Waals surface area (Å²) >= 11 is -2.04. The topological polar surface area (TPSA) is 192 Å². The van der Waals surface area contributed by atoms with Crippen molar-refractivity contribution in [2.45, 2.75) is 104 Å². The molecule has 15 nitrogen and oxygen atoms in total. The van der Waals surface area contributed by atoms with Crippen LogP contribution in [0.5, 0.6) is 0 Å². The van der Waals surface area contributed by atoms with Crippen LogP contribution in [0.1, 0.15) is 80.4 Å². The molecule has 0 spiro atoms. The van der Waals surface area contributed by atoms with Gasteiger partial charge < -0.3 is 14.3 Å². The average molecular weight is 623 g/mol. The van der Waals surface area contributed by atoms with E-state index in [1.165, 1.54) is 22.1 Å². The van der Waals surface area contributed by atoms with Crippen molar-refractivity contribution >= 4 is 51.8 Å². The van der Waals surface area contributed by atoms with E-state index in [1.807, 2.05) is 0 Å². The number of carbonyl (C=O) groups is 4. The molecule has 4 atom stereocenters. The molecular weight excluding hydrogens is 584 g/mol. The van der Waals surface area contributed by atoms with Crippen molar-refractivity contribution in [3.8, 4) is 0 Å². The van der Waals surface area contributed by atoms with Crippen LogP contribution in [0.25, 0.3) is 11.2 Å². The smallest absolute Gasteiger partial charge is 0.306 e. The minimum absolute atomic E-state index is 0.00474. The molecule has 0 saturated carbocycles. The largest absolute Gasteiger partial charge is 0.459 e. The third-order valence-electron chi connectivity index (χ3n) is 7.47. The van der Waals surface area contributed by atoms with Crippen LogP contribution in [0.15, 0.2) is 11.1 Å². The van der Waals surface area contributed by atoms with E-state index in [0.29, 0.717) is 0 Å². The molecule has 0 aromatic carbocycles. The van der Waals surface area contributed by atoms with Crippen LogP contribution in [0, 0.1) is 5.92 Å². The predicted octanol–water partition coefficient (Wildman–Crippen LogP) is 1.71. The van der Waals surface area contributed by atoms with Gasteiger partial charge >= 0.3 is 5.97 Å². The van der Waals surface area contributed by atoms with Crippen molar-refractivity contribution in [3.63, 3.8) is 0 Å². The molecule has 16 heteroatoms. The fourth-order valence-electron chi connectivity index (χ4n) is 5.23. The molecule has 1 unspecified atom stereocenters. The van der Waals surface area contributed by atoms with Gasteiger partial charge in [-0.1, -0.05) is 13.8 Å². The lowest BCUT2D eigenvalue weighted by atomic mass is 9.99. The van der Waals surface area contributed by atoms with Gasteiger partial charge in [0.15, 0.2) is 16.9 Å². The van der Waals surface area contributed by atoms with E-state index in [1.54, 1.807) is 41.5 Å². The number of rotatable bonds is 11. The van der Waals surface area contributed by atoms with Crippen molar-refractivity contribution in [1.82, 2.24) is 23.8 Å². The summed E-state index contributed by atoms with van der Waals surface area (Å²) in [7, 11) is 0. The number of carbonyl (C=O) groups excluding carboxylic acids is 4. The van der Waals surface area contributed by atoms with Gasteiger partial charge in [-0.2, -0.15) is 9.29 Å². The highest BCUT2D eigenvalue weighted by atomic mass is 32.2. The van der Waals surface area contributed by atoms with Crippen molar-refractivity contribution in [1.29, 1.82) is 0 Å². The number of hydrogen-bond donors (Lipinski definition) is 2. The normalized spacial score (nSPS) is 24.0. The molecule has 0 aliphatic carbocycles. The number of aromatic nitrogens is 4. The van der Waals surface area contributed by atoms with Crippen LogP contribution in [0.3, 0.4) is 0 Å². The molecule has 1 amide bonds. The number of nitrogens with one attached hydrogen (secondary N) is 2. The lowest BCUT2D eigenvalue weighted by molar-refractivity contribution is -0.153.